The third kappa shape index (κ3) is 1.95. The van der Waals surface area contributed by atoms with E-state index in [0.29, 0.717) is 0 Å². The van der Waals surface area contributed by atoms with Gasteiger partial charge in [-0.1, -0.05) is 0 Å². The number of urea groups is 1. The lowest BCUT2D eigenvalue weighted by molar-refractivity contribution is -0.120. The van der Waals surface area contributed by atoms with Gasteiger partial charge in [0.1, 0.15) is 0 Å². The summed E-state index contributed by atoms with van der Waals surface area (Å²) in [5, 5.41) is 1.95. The van der Waals surface area contributed by atoms with Gasteiger partial charge in [-0.2, -0.15) is 0 Å². The molecule has 1 aromatic rings. The summed E-state index contributed by atoms with van der Waals surface area (Å²) in [6, 6.07) is 0.812. The number of benzene rings is 1. The van der Waals surface area contributed by atoms with Gasteiger partial charge in [-0.25, -0.2) is 18.0 Å². The van der Waals surface area contributed by atoms with Crippen molar-refractivity contribution >= 4 is 17.6 Å². The Balaban J connectivity index is 2.38. The van der Waals surface area contributed by atoms with Crippen LogP contribution in [0.4, 0.5) is 23.7 Å². The lowest BCUT2D eigenvalue weighted by Gasteiger charge is -2.26. The molecule has 0 aromatic heterocycles. The summed E-state index contributed by atoms with van der Waals surface area (Å²) >= 11 is 0. The second-order valence-corrected chi connectivity index (χ2v) is 3.45. The van der Waals surface area contributed by atoms with Crippen LogP contribution in [0.3, 0.4) is 0 Å². The van der Waals surface area contributed by atoms with Crippen molar-refractivity contribution < 1.29 is 22.8 Å². The predicted octanol–water partition coefficient (Wildman–Crippen LogP) is 1.55. The van der Waals surface area contributed by atoms with E-state index in [1.54, 1.807) is 0 Å². The fraction of sp³-hybridized carbons (Fsp3) is 0.200. The lowest BCUT2D eigenvalue weighted by Crippen LogP contribution is -2.50. The first-order valence-corrected chi connectivity index (χ1v) is 4.75. The first-order chi connectivity index (χ1) is 8.00. The molecule has 0 aliphatic carbocycles. The van der Waals surface area contributed by atoms with E-state index in [1.165, 1.54) is 0 Å². The van der Waals surface area contributed by atoms with Gasteiger partial charge in [0.2, 0.25) is 5.91 Å². The lowest BCUT2D eigenvalue weighted by atomic mass is 10.2. The van der Waals surface area contributed by atoms with Crippen LogP contribution in [-0.2, 0) is 4.79 Å². The molecule has 0 radical (unpaired) electrons. The zero-order valence-electron chi connectivity index (χ0n) is 8.47. The average molecular weight is 244 g/mol. The molecule has 0 saturated carbocycles. The number of nitrogens with one attached hydrogen (secondary N) is 1. The number of imide groups is 1. The van der Waals surface area contributed by atoms with Gasteiger partial charge in [0.25, 0.3) is 0 Å². The zero-order valence-corrected chi connectivity index (χ0v) is 8.47. The van der Waals surface area contributed by atoms with E-state index in [2.05, 4.69) is 0 Å². The normalized spacial score (nSPS) is 16.1. The topological polar surface area (TPSA) is 49.4 Å². The quantitative estimate of drug-likeness (QED) is 0.762. The second kappa shape index (κ2) is 4.08. The van der Waals surface area contributed by atoms with Crippen LogP contribution >= 0.6 is 0 Å². The van der Waals surface area contributed by atoms with Crippen LogP contribution in [0.1, 0.15) is 6.42 Å². The van der Waals surface area contributed by atoms with Gasteiger partial charge >= 0.3 is 6.03 Å². The molecule has 1 aliphatic heterocycles. The molecule has 0 unspecified atom stereocenters. The monoisotopic (exact) mass is 244 g/mol. The fourth-order valence-corrected chi connectivity index (χ4v) is 1.52. The average Bonchev–Trinajstić information content (AvgIpc) is 2.28. The van der Waals surface area contributed by atoms with Crippen molar-refractivity contribution in [2.75, 3.05) is 11.4 Å². The van der Waals surface area contributed by atoms with Gasteiger partial charge in [0.15, 0.2) is 17.5 Å². The van der Waals surface area contributed by atoms with Gasteiger partial charge < -0.3 is 0 Å². The first-order valence-electron chi connectivity index (χ1n) is 4.75. The van der Waals surface area contributed by atoms with E-state index in [4.69, 9.17) is 0 Å². The molecular weight excluding hydrogens is 237 g/mol. The number of hydrogen-bond donors (Lipinski definition) is 1. The van der Waals surface area contributed by atoms with Crippen LogP contribution in [0, 0.1) is 17.5 Å². The van der Waals surface area contributed by atoms with E-state index in [-0.39, 0.29) is 13.0 Å². The molecule has 0 bridgehead atoms. The van der Waals surface area contributed by atoms with Gasteiger partial charge in [-0.3, -0.25) is 15.0 Å². The van der Waals surface area contributed by atoms with Crippen molar-refractivity contribution in [3.8, 4) is 0 Å². The number of hydrogen-bond acceptors (Lipinski definition) is 2. The van der Waals surface area contributed by atoms with Gasteiger partial charge in [-0.15, -0.1) is 0 Å². The summed E-state index contributed by atoms with van der Waals surface area (Å²) < 4.78 is 39.1. The molecule has 7 heteroatoms. The summed E-state index contributed by atoms with van der Waals surface area (Å²) in [5.41, 5.74) is -0.395. The number of anilines is 1. The number of carbonyl (C=O) groups excluding carboxylic acids is 2. The van der Waals surface area contributed by atoms with E-state index in [0.717, 1.165) is 17.0 Å². The Kier molecular flexibility index (Phi) is 2.74. The molecule has 1 saturated heterocycles. The molecule has 1 N–H and O–H groups in total. The molecule has 1 fully saturated rings. The van der Waals surface area contributed by atoms with E-state index in [9.17, 15) is 22.8 Å². The fourth-order valence-electron chi connectivity index (χ4n) is 1.52. The Morgan fingerprint density at radius 2 is 1.82 bits per heavy atom. The summed E-state index contributed by atoms with van der Waals surface area (Å²) in [7, 11) is 0. The Bertz CT molecular complexity index is 505. The number of halogens is 3. The molecule has 0 spiro atoms. The van der Waals surface area contributed by atoms with Gasteiger partial charge in [0, 0.05) is 13.0 Å². The highest BCUT2D eigenvalue weighted by atomic mass is 19.2. The van der Waals surface area contributed by atoms with Crippen molar-refractivity contribution in [3.63, 3.8) is 0 Å². The Morgan fingerprint density at radius 1 is 1.12 bits per heavy atom. The van der Waals surface area contributed by atoms with Crippen LogP contribution in [0.25, 0.3) is 0 Å². The second-order valence-electron chi connectivity index (χ2n) is 3.45. The first kappa shape index (κ1) is 11.4. The summed E-state index contributed by atoms with van der Waals surface area (Å²) in [6.45, 7) is -0.0767. The molecule has 90 valence electrons. The Hall–Kier alpha value is -2.05. The van der Waals surface area contributed by atoms with E-state index >= 15 is 0 Å². The van der Waals surface area contributed by atoms with Gasteiger partial charge in [-0.05, 0) is 12.1 Å². The van der Waals surface area contributed by atoms with Crippen molar-refractivity contribution in [1.29, 1.82) is 0 Å². The smallest absolute Gasteiger partial charge is 0.291 e. The van der Waals surface area contributed by atoms with Crippen LogP contribution < -0.4 is 10.2 Å². The maximum absolute atomic E-state index is 13.4. The van der Waals surface area contributed by atoms with Crippen LogP contribution in [0.5, 0.6) is 0 Å². The van der Waals surface area contributed by atoms with Crippen molar-refractivity contribution in [2.45, 2.75) is 6.42 Å². The number of amides is 3. The highest BCUT2D eigenvalue weighted by molar-refractivity contribution is 6.05. The summed E-state index contributed by atoms with van der Waals surface area (Å²) in [5.74, 6) is -4.92. The minimum Gasteiger partial charge on any atom is -0.291 e. The Labute approximate surface area is 94.0 Å². The van der Waals surface area contributed by atoms with E-state index in [1.807, 2.05) is 5.32 Å². The molecule has 2 rings (SSSR count). The minimum absolute atomic E-state index is 0.0236. The molecule has 1 heterocycles. The molecule has 4 nitrogen and oxygen atoms in total. The van der Waals surface area contributed by atoms with Crippen LogP contribution in [0.15, 0.2) is 12.1 Å². The number of rotatable bonds is 1. The van der Waals surface area contributed by atoms with E-state index < -0.39 is 35.1 Å². The molecule has 0 atom stereocenters. The summed E-state index contributed by atoms with van der Waals surface area (Å²) in [4.78, 5) is 23.1. The highest BCUT2D eigenvalue weighted by Gasteiger charge is 2.28. The maximum Gasteiger partial charge on any atom is 0.328 e. The molecule has 17 heavy (non-hydrogen) atoms. The standard InChI is InChI=1S/C10H7F3N2O2/c11-5-1-2-6(9(13)8(5)12)15-4-3-7(16)14-10(15)17/h1-2H,3-4H2,(H,14,16,17). The van der Waals surface area contributed by atoms with Gasteiger partial charge in [0.05, 0.1) is 5.69 Å². The van der Waals surface area contributed by atoms with Crippen LogP contribution in [-0.4, -0.2) is 18.5 Å². The predicted molar refractivity (Wildman–Crippen MR) is 51.8 cm³/mol. The molecule has 3 amide bonds. The zero-order chi connectivity index (χ0) is 12.6. The summed E-state index contributed by atoms with van der Waals surface area (Å²) in [6.07, 6.45) is -0.0236. The Morgan fingerprint density at radius 3 is 2.47 bits per heavy atom. The molecule has 1 aliphatic rings. The van der Waals surface area contributed by atoms with Crippen molar-refractivity contribution in [3.05, 3.63) is 29.6 Å². The number of carbonyl (C=O) groups is 2. The molecule has 1 aromatic carbocycles. The minimum atomic E-state index is -1.65. The largest absolute Gasteiger partial charge is 0.328 e. The number of nitrogens with zero attached hydrogens (tertiary/aromatic N) is 1. The SMILES string of the molecule is O=C1CCN(c2ccc(F)c(F)c2F)C(=O)N1. The maximum atomic E-state index is 13.4. The third-order valence-electron chi connectivity index (χ3n) is 2.36. The van der Waals surface area contributed by atoms with Crippen molar-refractivity contribution in [1.82, 2.24) is 5.32 Å². The van der Waals surface area contributed by atoms with Crippen molar-refractivity contribution in [2.24, 2.45) is 0 Å². The van der Waals surface area contributed by atoms with Crippen LogP contribution in [0.2, 0.25) is 0 Å². The third-order valence-corrected chi connectivity index (χ3v) is 2.36. The highest BCUT2D eigenvalue weighted by Crippen LogP contribution is 2.24. The molecular formula is C10H7F3N2O2.